The van der Waals surface area contributed by atoms with Gasteiger partial charge in [0, 0.05) is 31.7 Å². The first kappa shape index (κ1) is 17.4. The summed E-state index contributed by atoms with van der Waals surface area (Å²) in [5, 5.41) is 2.77. The molecule has 0 aromatic heterocycles. The molecule has 21 heavy (non-hydrogen) atoms. The van der Waals surface area contributed by atoms with E-state index in [0.29, 0.717) is 37.8 Å². The molecule has 1 amide bonds. The molecule has 0 atom stereocenters. The van der Waals surface area contributed by atoms with Gasteiger partial charge in [-0.1, -0.05) is 6.07 Å². The lowest BCUT2D eigenvalue weighted by atomic mass is 10.1. The third-order valence-corrected chi connectivity index (χ3v) is 2.89. The van der Waals surface area contributed by atoms with Crippen molar-refractivity contribution in [1.82, 2.24) is 0 Å². The van der Waals surface area contributed by atoms with E-state index < -0.39 is 0 Å². The fourth-order valence-electron chi connectivity index (χ4n) is 1.67. The minimum Gasteiger partial charge on any atom is -0.398 e. The van der Waals surface area contributed by atoms with Crippen LogP contribution in [0.25, 0.3) is 0 Å². The minimum absolute atomic E-state index is 0.00430. The number of rotatable bonds is 10. The van der Waals surface area contributed by atoms with Crippen LogP contribution in [0.2, 0.25) is 0 Å². The summed E-state index contributed by atoms with van der Waals surface area (Å²) < 4.78 is 15.5. The van der Waals surface area contributed by atoms with Crippen molar-refractivity contribution in [3.63, 3.8) is 0 Å². The molecule has 0 fully saturated rings. The lowest BCUT2D eigenvalue weighted by Crippen LogP contribution is -2.20. The molecule has 0 spiro atoms. The molecule has 0 bridgehead atoms. The van der Waals surface area contributed by atoms with Gasteiger partial charge in [0.05, 0.1) is 13.2 Å². The number of methoxy groups -OCH3 is 1. The molecule has 118 valence electrons. The van der Waals surface area contributed by atoms with E-state index >= 15 is 0 Å². The molecule has 0 aliphatic heterocycles. The molecular formula is C15H24N2O4. The fourth-order valence-corrected chi connectivity index (χ4v) is 1.67. The Hall–Kier alpha value is -1.63. The van der Waals surface area contributed by atoms with Crippen LogP contribution < -0.4 is 11.1 Å². The van der Waals surface area contributed by atoms with Crippen LogP contribution in [0.5, 0.6) is 0 Å². The smallest absolute Gasteiger partial charge is 0.250 e. The average molecular weight is 296 g/mol. The highest BCUT2D eigenvalue weighted by Crippen LogP contribution is 2.20. The molecule has 1 rings (SSSR count). The van der Waals surface area contributed by atoms with Crippen LogP contribution in [0.3, 0.4) is 0 Å². The van der Waals surface area contributed by atoms with Crippen molar-refractivity contribution in [3.8, 4) is 0 Å². The van der Waals surface area contributed by atoms with Crippen molar-refractivity contribution in [1.29, 1.82) is 0 Å². The van der Waals surface area contributed by atoms with Gasteiger partial charge in [0.15, 0.2) is 0 Å². The SMILES string of the molecule is COCCCOCCOCC(=O)Nc1cccc(N)c1C. The van der Waals surface area contributed by atoms with E-state index in [1.807, 2.05) is 13.0 Å². The van der Waals surface area contributed by atoms with Gasteiger partial charge in [-0.15, -0.1) is 0 Å². The molecule has 0 heterocycles. The van der Waals surface area contributed by atoms with Gasteiger partial charge in [-0.05, 0) is 31.0 Å². The number of anilines is 2. The molecule has 6 heteroatoms. The number of carbonyl (C=O) groups is 1. The first-order valence-corrected chi connectivity index (χ1v) is 6.94. The zero-order valence-corrected chi connectivity index (χ0v) is 12.7. The quantitative estimate of drug-likeness (QED) is 0.506. The van der Waals surface area contributed by atoms with Crippen LogP contribution >= 0.6 is 0 Å². The van der Waals surface area contributed by atoms with Crippen molar-refractivity contribution in [2.24, 2.45) is 0 Å². The monoisotopic (exact) mass is 296 g/mol. The number of hydrogen-bond acceptors (Lipinski definition) is 5. The highest BCUT2D eigenvalue weighted by Gasteiger charge is 2.06. The summed E-state index contributed by atoms with van der Waals surface area (Å²) in [6.45, 7) is 4.02. The predicted octanol–water partition coefficient (Wildman–Crippen LogP) is 1.59. The Kier molecular flexibility index (Phi) is 8.42. The van der Waals surface area contributed by atoms with E-state index in [2.05, 4.69) is 5.32 Å². The molecule has 0 saturated carbocycles. The number of hydrogen-bond donors (Lipinski definition) is 2. The highest BCUT2D eigenvalue weighted by molar-refractivity contribution is 5.93. The Morgan fingerprint density at radius 1 is 1.19 bits per heavy atom. The lowest BCUT2D eigenvalue weighted by Gasteiger charge is -2.10. The summed E-state index contributed by atoms with van der Waals surface area (Å²) in [6, 6.07) is 5.40. The van der Waals surface area contributed by atoms with Gasteiger partial charge in [-0.3, -0.25) is 4.79 Å². The van der Waals surface area contributed by atoms with Gasteiger partial charge in [-0.25, -0.2) is 0 Å². The second-order valence-electron chi connectivity index (χ2n) is 4.58. The molecular weight excluding hydrogens is 272 g/mol. The van der Waals surface area contributed by atoms with Gasteiger partial charge < -0.3 is 25.3 Å². The maximum Gasteiger partial charge on any atom is 0.250 e. The summed E-state index contributed by atoms with van der Waals surface area (Å²) in [7, 11) is 1.66. The standard InChI is InChI=1S/C15H24N2O4/c1-12-13(16)5-3-6-14(12)17-15(18)11-21-10-9-20-8-4-7-19-2/h3,5-6H,4,7-11,16H2,1-2H3,(H,17,18). The van der Waals surface area contributed by atoms with Crippen LogP contribution in [-0.2, 0) is 19.0 Å². The molecule has 0 saturated heterocycles. The van der Waals surface area contributed by atoms with Crippen molar-refractivity contribution in [3.05, 3.63) is 23.8 Å². The Morgan fingerprint density at radius 2 is 1.95 bits per heavy atom. The van der Waals surface area contributed by atoms with Crippen molar-refractivity contribution < 1.29 is 19.0 Å². The Balaban J connectivity index is 2.13. The Labute approximate surface area is 125 Å². The summed E-state index contributed by atoms with van der Waals surface area (Å²) >= 11 is 0. The third kappa shape index (κ3) is 7.08. The topological polar surface area (TPSA) is 82.8 Å². The van der Waals surface area contributed by atoms with Crippen LogP contribution in [0.15, 0.2) is 18.2 Å². The van der Waals surface area contributed by atoms with Crippen molar-refractivity contribution >= 4 is 17.3 Å². The zero-order valence-electron chi connectivity index (χ0n) is 12.7. The van der Waals surface area contributed by atoms with E-state index in [-0.39, 0.29) is 12.5 Å². The molecule has 0 unspecified atom stereocenters. The molecule has 6 nitrogen and oxygen atoms in total. The number of carbonyl (C=O) groups excluding carboxylic acids is 1. The van der Waals surface area contributed by atoms with Crippen LogP contribution in [0.1, 0.15) is 12.0 Å². The number of nitrogen functional groups attached to an aromatic ring is 1. The lowest BCUT2D eigenvalue weighted by molar-refractivity contribution is -0.121. The maximum absolute atomic E-state index is 11.7. The number of nitrogens with two attached hydrogens (primary N) is 1. The number of nitrogens with one attached hydrogen (secondary N) is 1. The second kappa shape index (κ2) is 10.1. The van der Waals surface area contributed by atoms with Crippen molar-refractivity contribution in [2.75, 3.05) is 51.2 Å². The van der Waals surface area contributed by atoms with Gasteiger partial charge >= 0.3 is 0 Å². The van der Waals surface area contributed by atoms with E-state index in [1.165, 1.54) is 0 Å². The largest absolute Gasteiger partial charge is 0.398 e. The van der Waals surface area contributed by atoms with E-state index in [9.17, 15) is 4.79 Å². The summed E-state index contributed by atoms with van der Waals surface area (Å²) in [5.41, 5.74) is 7.99. The van der Waals surface area contributed by atoms with E-state index in [0.717, 1.165) is 12.0 Å². The number of amides is 1. The van der Waals surface area contributed by atoms with Crippen LogP contribution in [0.4, 0.5) is 11.4 Å². The zero-order chi connectivity index (χ0) is 15.5. The predicted molar refractivity (Wildman–Crippen MR) is 82.4 cm³/mol. The first-order valence-electron chi connectivity index (χ1n) is 6.94. The summed E-state index contributed by atoms with van der Waals surface area (Å²) in [4.78, 5) is 11.7. The number of benzene rings is 1. The normalized spacial score (nSPS) is 10.6. The Bertz CT molecular complexity index is 438. The van der Waals surface area contributed by atoms with Crippen molar-refractivity contribution in [2.45, 2.75) is 13.3 Å². The van der Waals surface area contributed by atoms with Gasteiger partial charge in [0.25, 0.3) is 0 Å². The van der Waals surface area contributed by atoms with Crippen LogP contribution in [-0.4, -0.2) is 46.1 Å². The first-order chi connectivity index (χ1) is 10.1. The van der Waals surface area contributed by atoms with Gasteiger partial charge in [0.2, 0.25) is 5.91 Å². The highest BCUT2D eigenvalue weighted by atomic mass is 16.5. The summed E-state index contributed by atoms with van der Waals surface area (Å²) in [5.74, 6) is -0.205. The fraction of sp³-hybridized carbons (Fsp3) is 0.533. The number of ether oxygens (including phenoxy) is 3. The van der Waals surface area contributed by atoms with E-state index in [4.69, 9.17) is 19.9 Å². The summed E-state index contributed by atoms with van der Waals surface area (Å²) in [6.07, 6.45) is 0.853. The van der Waals surface area contributed by atoms with E-state index in [1.54, 1.807) is 19.2 Å². The molecule has 3 N–H and O–H groups in total. The van der Waals surface area contributed by atoms with Crippen LogP contribution in [0, 0.1) is 6.92 Å². The average Bonchev–Trinajstić information content (AvgIpc) is 2.47. The molecule has 1 aromatic rings. The molecule has 0 radical (unpaired) electrons. The second-order valence-corrected chi connectivity index (χ2v) is 4.58. The third-order valence-electron chi connectivity index (χ3n) is 2.89. The molecule has 0 aliphatic carbocycles. The van der Waals surface area contributed by atoms with Gasteiger partial charge in [0.1, 0.15) is 6.61 Å². The minimum atomic E-state index is -0.205. The Morgan fingerprint density at radius 3 is 2.71 bits per heavy atom. The molecule has 0 aliphatic rings. The maximum atomic E-state index is 11.7. The van der Waals surface area contributed by atoms with Gasteiger partial charge in [-0.2, -0.15) is 0 Å². The molecule has 1 aromatic carbocycles.